The molecule has 3 N–H and O–H groups in total. The van der Waals surface area contributed by atoms with Crippen LogP contribution in [0.25, 0.3) is 44.1 Å². The summed E-state index contributed by atoms with van der Waals surface area (Å²) in [5.41, 5.74) is -0.190. The summed E-state index contributed by atoms with van der Waals surface area (Å²) in [5, 5.41) is 12.8. The van der Waals surface area contributed by atoms with Crippen molar-refractivity contribution in [3.63, 3.8) is 0 Å². The molecule has 0 aliphatic carbocycles. The number of pyridine rings is 3. The van der Waals surface area contributed by atoms with Gasteiger partial charge in [-0.1, -0.05) is 0 Å². The maximum atomic E-state index is 16.2. The highest BCUT2D eigenvalue weighted by atomic mass is 19.2. The molecule has 2 saturated heterocycles. The Kier molecular flexibility index (Phi) is 5.58. The van der Waals surface area contributed by atoms with Gasteiger partial charge in [0.1, 0.15) is 22.5 Å². The molecule has 0 amide bonds. The number of likely N-dealkylation sites (tertiary alicyclic amines) is 1. The molecule has 1 aromatic carbocycles. The lowest BCUT2D eigenvalue weighted by atomic mass is 9.98. The number of H-pyrrole nitrogens is 1. The number of nitrogens with one attached hydrogen (secondary N) is 2. The van der Waals surface area contributed by atoms with E-state index in [2.05, 4.69) is 20.3 Å². The maximum Gasteiger partial charge on any atom is 0.341 e. The molecule has 0 bridgehead atoms. The first-order chi connectivity index (χ1) is 20.0. The Hall–Kier alpha value is -4.65. The SMILES string of the molecule is CNc1cc(F)c(F)c2c1[nH]c1ncc(-c3cnc4c(c3)c(=O)c(C(=O)O)cn4C)c(N3CC[C@@]4(F)CN(C)C[C@@H]34)c12. The van der Waals surface area contributed by atoms with Crippen LogP contribution in [0.15, 0.2) is 35.5 Å². The number of aromatic carboxylic acids is 1. The summed E-state index contributed by atoms with van der Waals surface area (Å²) >= 11 is 0. The molecular formula is C29H26F3N7O3. The number of benzene rings is 1. The molecule has 4 aromatic heterocycles. The number of hydrogen-bond acceptors (Lipinski definition) is 7. The fraction of sp³-hybridized carbons (Fsp3) is 0.310. The number of nitrogens with zero attached hydrogens (tertiary/aromatic N) is 5. The van der Waals surface area contributed by atoms with Crippen molar-refractivity contribution in [2.24, 2.45) is 7.05 Å². The molecule has 0 saturated carbocycles. The summed E-state index contributed by atoms with van der Waals surface area (Å²) in [6, 6.07) is 2.01. The van der Waals surface area contributed by atoms with Crippen LogP contribution in [0.1, 0.15) is 16.8 Å². The van der Waals surface area contributed by atoms with Crippen molar-refractivity contribution in [3.05, 3.63) is 58.1 Å². The zero-order valence-electron chi connectivity index (χ0n) is 22.9. The second-order valence-corrected chi connectivity index (χ2v) is 11.2. The van der Waals surface area contributed by atoms with Crippen molar-refractivity contribution >= 4 is 50.3 Å². The number of fused-ring (bicyclic) bond motifs is 5. The number of carbonyl (C=O) groups is 1. The number of halogens is 3. The van der Waals surface area contributed by atoms with Crippen LogP contribution in [0.2, 0.25) is 0 Å². The molecule has 42 heavy (non-hydrogen) atoms. The highest BCUT2D eigenvalue weighted by Crippen LogP contribution is 2.48. The fourth-order valence-corrected chi connectivity index (χ4v) is 6.74. The summed E-state index contributed by atoms with van der Waals surface area (Å²) in [6.07, 6.45) is 4.50. The van der Waals surface area contributed by atoms with Crippen LogP contribution in [0.5, 0.6) is 0 Å². The highest BCUT2D eigenvalue weighted by molar-refractivity contribution is 6.18. The number of carboxylic acids is 1. The molecule has 0 spiro atoms. The largest absolute Gasteiger partial charge is 0.477 e. The predicted molar refractivity (Wildman–Crippen MR) is 153 cm³/mol. The first kappa shape index (κ1) is 26.3. The van der Waals surface area contributed by atoms with E-state index in [9.17, 15) is 19.1 Å². The summed E-state index contributed by atoms with van der Waals surface area (Å²) in [4.78, 5) is 40.8. The number of carboxylic acid groups (broad SMARTS) is 1. The quantitative estimate of drug-likeness (QED) is 0.295. The molecule has 5 aromatic rings. The third-order valence-electron chi connectivity index (χ3n) is 8.63. The van der Waals surface area contributed by atoms with Gasteiger partial charge in [0.25, 0.3) is 0 Å². The summed E-state index contributed by atoms with van der Waals surface area (Å²) < 4.78 is 48.2. The van der Waals surface area contributed by atoms with E-state index < -0.39 is 40.3 Å². The van der Waals surface area contributed by atoms with E-state index in [1.54, 1.807) is 14.1 Å². The van der Waals surface area contributed by atoms with Crippen LogP contribution in [0.4, 0.5) is 24.5 Å². The minimum atomic E-state index is -1.51. The van der Waals surface area contributed by atoms with Crippen molar-refractivity contribution < 1.29 is 23.1 Å². The standard InChI is InChI=1S/C29H26F3N7O3/c1-33-18-7-17(30)22(31)20-21-24(39-5-4-29(32)12-37(2)11-19(29)39)15(9-34-26(21)36-23(18)20)13-6-14-25(40)16(28(41)42)10-38(3)27(14)35-8-13/h6-10,19,33H,4-5,11-12H2,1-3H3,(H,34,36)(H,41,42)/t19-,29-/m1/s1. The van der Waals surface area contributed by atoms with Crippen LogP contribution in [0.3, 0.4) is 0 Å². The molecule has 0 radical (unpaired) electrons. The molecule has 2 aliphatic heterocycles. The Morgan fingerprint density at radius 3 is 2.71 bits per heavy atom. The van der Waals surface area contributed by atoms with Crippen LogP contribution < -0.4 is 15.6 Å². The Balaban J connectivity index is 1.58. The van der Waals surface area contributed by atoms with Gasteiger partial charge >= 0.3 is 5.97 Å². The number of aryl methyl sites for hydroxylation is 1. The first-order valence-electron chi connectivity index (χ1n) is 13.4. The Labute approximate surface area is 236 Å². The normalized spacial score (nSPS) is 20.7. The molecule has 2 fully saturated rings. The molecule has 7 rings (SSSR count). The summed E-state index contributed by atoms with van der Waals surface area (Å²) in [7, 11) is 5.02. The topological polar surface area (TPSA) is 119 Å². The minimum absolute atomic E-state index is 0.0285. The number of likely N-dealkylation sites (N-methyl/N-ethyl adjacent to an activating group) is 1. The van der Waals surface area contributed by atoms with Crippen LogP contribution in [-0.2, 0) is 7.05 Å². The van der Waals surface area contributed by atoms with E-state index in [1.807, 2.05) is 16.8 Å². The van der Waals surface area contributed by atoms with Crippen LogP contribution in [0, 0.1) is 11.6 Å². The van der Waals surface area contributed by atoms with Gasteiger partial charge < -0.3 is 29.8 Å². The van der Waals surface area contributed by atoms with Crippen molar-refractivity contribution in [3.8, 4) is 11.1 Å². The van der Waals surface area contributed by atoms with Gasteiger partial charge in [-0.2, -0.15) is 0 Å². The molecule has 2 atom stereocenters. The van der Waals surface area contributed by atoms with Gasteiger partial charge in [0.15, 0.2) is 11.6 Å². The van der Waals surface area contributed by atoms with Crippen molar-refractivity contribution in [1.29, 1.82) is 0 Å². The average molecular weight is 578 g/mol. The third-order valence-corrected chi connectivity index (χ3v) is 8.63. The smallest absolute Gasteiger partial charge is 0.341 e. The maximum absolute atomic E-state index is 16.2. The van der Waals surface area contributed by atoms with Crippen molar-refractivity contribution in [2.75, 3.05) is 43.9 Å². The van der Waals surface area contributed by atoms with Crippen LogP contribution >= 0.6 is 0 Å². The number of aromatic nitrogens is 4. The lowest BCUT2D eigenvalue weighted by Crippen LogP contribution is -2.40. The molecule has 2 aliphatic rings. The number of hydrogen-bond donors (Lipinski definition) is 3. The van der Waals surface area contributed by atoms with E-state index in [0.717, 1.165) is 6.07 Å². The second kappa shape index (κ2) is 8.92. The molecule has 6 heterocycles. The zero-order valence-corrected chi connectivity index (χ0v) is 22.9. The van der Waals surface area contributed by atoms with Gasteiger partial charge in [0.2, 0.25) is 5.43 Å². The van der Waals surface area contributed by atoms with Gasteiger partial charge in [0.05, 0.1) is 39.1 Å². The number of anilines is 2. The highest BCUT2D eigenvalue weighted by Gasteiger charge is 2.54. The number of alkyl halides is 1. The van der Waals surface area contributed by atoms with Gasteiger partial charge in [-0.3, -0.25) is 4.79 Å². The predicted octanol–water partition coefficient (Wildman–Crippen LogP) is 3.88. The third kappa shape index (κ3) is 3.55. The lowest BCUT2D eigenvalue weighted by molar-refractivity contribution is 0.0695. The van der Waals surface area contributed by atoms with Gasteiger partial charge in [-0.05, 0) is 13.1 Å². The lowest BCUT2D eigenvalue weighted by Gasteiger charge is -2.30. The number of aromatic amines is 1. The van der Waals surface area contributed by atoms with Crippen molar-refractivity contribution in [2.45, 2.75) is 18.1 Å². The van der Waals surface area contributed by atoms with E-state index in [0.29, 0.717) is 41.1 Å². The van der Waals surface area contributed by atoms with Gasteiger partial charge in [-0.15, -0.1) is 0 Å². The average Bonchev–Trinajstić information content (AvgIpc) is 3.59. The van der Waals surface area contributed by atoms with Crippen LogP contribution in [-0.4, -0.2) is 80.9 Å². The summed E-state index contributed by atoms with van der Waals surface area (Å²) in [6.45, 7) is 0.971. The minimum Gasteiger partial charge on any atom is -0.477 e. The molecule has 13 heteroatoms. The Morgan fingerprint density at radius 2 is 1.98 bits per heavy atom. The van der Waals surface area contributed by atoms with E-state index in [4.69, 9.17) is 0 Å². The monoisotopic (exact) mass is 577 g/mol. The van der Waals surface area contributed by atoms with Crippen molar-refractivity contribution in [1.82, 2.24) is 24.4 Å². The molecule has 10 nitrogen and oxygen atoms in total. The van der Waals surface area contributed by atoms with E-state index >= 15 is 8.78 Å². The first-order valence-corrected chi connectivity index (χ1v) is 13.4. The fourth-order valence-electron chi connectivity index (χ4n) is 6.74. The molecule has 216 valence electrons. The number of rotatable bonds is 4. The molecular weight excluding hydrogens is 551 g/mol. The van der Waals surface area contributed by atoms with E-state index in [-0.39, 0.29) is 40.4 Å². The zero-order chi connectivity index (χ0) is 29.7. The van der Waals surface area contributed by atoms with Gasteiger partial charge in [-0.25, -0.2) is 27.9 Å². The van der Waals surface area contributed by atoms with Gasteiger partial charge in [0, 0.05) is 75.9 Å². The Bertz CT molecular complexity index is 2040. The Morgan fingerprint density at radius 1 is 1.19 bits per heavy atom. The van der Waals surface area contributed by atoms with E-state index in [1.165, 1.54) is 29.2 Å². The molecule has 0 unspecified atom stereocenters. The summed E-state index contributed by atoms with van der Waals surface area (Å²) in [5.74, 6) is -3.49. The second-order valence-electron chi connectivity index (χ2n) is 11.2.